The number of nitrogens with one attached hydrogen (secondary N) is 1. The SMILES string of the molecule is CCC(C)(CCO)CCNC=O. The fraction of sp³-hybridized carbons (Fsp3) is 0.889. The van der Waals surface area contributed by atoms with Crippen molar-refractivity contribution in [3.05, 3.63) is 0 Å². The zero-order valence-electron chi connectivity index (χ0n) is 7.97. The topological polar surface area (TPSA) is 49.3 Å². The van der Waals surface area contributed by atoms with Gasteiger partial charge in [0.2, 0.25) is 6.41 Å². The molecule has 1 amide bonds. The summed E-state index contributed by atoms with van der Waals surface area (Å²) in [6.07, 6.45) is 3.50. The van der Waals surface area contributed by atoms with E-state index >= 15 is 0 Å². The van der Waals surface area contributed by atoms with Crippen molar-refractivity contribution in [2.45, 2.75) is 33.1 Å². The Morgan fingerprint density at radius 2 is 2.17 bits per heavy atom. The predicted octanol–water partition coefficient (Wildman–Crippen LogP) is 0.921. The van der Waals surface area contributed by atoms with Crippen molar-refractivity contribution in [3.63, 3.8) is 0 Å². The third-order valence-corrected chi connectivity index (χ3v) is 2.53. The van der Waals surface area contributed by atoms with Crippen molar-refractivity contribution in [2.75, 3.05) is 13.2 Å². The van der Waals surface area contributed by atoms with Gasteiger partial charge in [-0.3, -0.25) is 4.79 Å². The average molecular weight is 173 g/mol. The van der Waals surface area contributed by atoms with Crippen LogP contribution in [0.5, 0.6) is 0 Å². The molecule has 12 heavy (non-hydrogen) atoms. The summed E-state index contributed by atoms with van der Waals surface area (Å²) >= 11 is 0. The molecule has 0 radical (unpaired) electrons. The largest absolute Gasteiger partial charge is 0.396 e. The second kappa shape index (κ2) is 6.00. The van der Waals surface area contributed by atoms with Gasteiger partial charge in [-0.05, 0) is 18.3 Å². The van der Waals surface area contributed by atoms with E-state index in [0.717, 1.165) is 25.7 Å². The van der Waals surface area contributed by atoms with E-state index in [1.807, 2.05) is 0 Å². The molecule has 1 atom stereocenters. The van der Waals surface area contributed by atoms with E-state index in [0.29, 0.717) is 6.54 Å². The summed E-state index contributed by atoms with van der Waals surface area (Å²) in [5, 5.41) is 11.4. The maximum atomic E-state index is 9.98. The van der Waals surface area contributed by atoms with Crippen molar-refractivity contribution in [2.24, 2.45) is 5.41 Å². The van der Waals surface area contributed by atoms with Crippen LogP contribution in [0.3, 0.4) is 0 Å². The third-order valence-electron chi connectivity index (χ3n) is 2.53. The maximum absolute atomic E-state index is 9.98. The second-order valence-corrected chi connectivity index (χ2v) is 3.46. The summed E-state index contributed by atoms with van der Waals surface area (Å²) in [7, 11) is 0. The smallest absolute Gasteiger partial charge is 0.207 e. The van der Waals surface area contributed by atoms with Gasteiger partial charge in [0.1, 0.15) is 0 Å². The minimum Gasteiger partial charge on any atom is -0.396 e. The molecule has 0 fully saturated rings. The van der Waals surface area contributed by atoms with Crippen LogP contribution >= 0.6 is 0 Å². The molecule has 0 spiro atoms. The Labute approximate surface area is 74.2 Å². The summed E-state index contributed by atoms with van der Waals surface area (Å²) in [5.41, 5.74) is 0.171. The lowest BCUT2D eigenvalue weighted by molar-refractivity contribution is -0.109. The lowest BCUT2D eigenvalue weighted by Gasteiger charge is -2.27. The molecule has 1 unspecified atom stereocenters. The number of hydrogen-bond donors (Lipinski definition) is 2. The van der Waals surface area contributed by atoms with Crippen LogP contribution < -0.4 is 5.32 Å². The highest BCUT2D eigenvalue weighted by atomic mass is 16.3. The predicted molar refractivity (Wildman–Crippen MR) is 48.8 cm³/mol. The first-order valence-corrected chi connectivity index (χ1v) is 4.46. The summed E-state index contributed by atoms with van der Waals surface area (Å²) in [6, 6.07) is 0. The van der Waals surface area contributed by atoms with E-state index in [-0.39, 0.29) is 12.0 Å². The monoisotopic (exact) mass is 173 g/mol. The van der Waals surface area contributed by atoms with Gasteiger partial charge in [0.25, 0.3) is 0 Å². The van der Waals surface area contributed by atoms with Crippen LogP contribution in [0, 0.1) is 5.41 Å². The molecule has 3 heteroatoms. The van der Waals surface area contributed by atoms with Gasteiger partial charge in [0.05, 0.1) is 0 Å². The molecule has 0 saturated carbocycles. The molecular formula is C9H19NO2. The molecule has 0 aliphatic carbocycles. The van der Waals surface area contributed by atoms with E-state index in [1.165, 1.54) is 0 Å². The molecule has 0 saturated heterocycles. The normalized spacial score (nSPS) is 15.2. The van der Waals surface area contributed by atoms with Gasteiger partial charge >= 0.3 is 0 Å². The van der Waals surface area contributed by atoms with Crippen molar-refractivity contribution in [1.82, 2.24) is 5.32 Å². The highest BCUT2D eigenvalue weighted by Crippen LogP contribution is 2.28. The quantitative estimate of drug-likeness (QED) is 0.444. The summed E-state index contributed by atoms with van der Waals surface area (Å²) in [6.45, 7) is 5.17. The molecule has 0 aromatic rings. The number of rotatable bonds is 7. The first kappa shape index (κ1) is 11.4. The van der Waals surface area contributed by atoms with Gasteiger partial charge in [-0.1, -0.05) is 20.3 Å². The molecule has 0 aromatic heterocycles. The van der Waals surface area contributed by atoms with E-state index in [2.05, 4.69) is 19.2 Å². The molecule has 0 aliphatic heterocycles. The number of aliphatic hydroxyl groups excluding tert-OH is 1. The van der Waals surface area contributed by atoms with Crippen LogP contribution in [0.25, 0.3) is 0 Å². The maximum Gasteiger partial charge on any atom is 0.207 e. The van der Waals surface area contributed by atoms with E-state index in [9.17, 15) is 4.79 Å². The molecule has 0 bridgehead atoms. The molecular weight excluding hydrogens is 154 g/mol. The Kier molecular flexibility index (Phi) is 5.72. The zero-order chi connectivity index (χ0) is 9.45. The van der Waals surface area contributed by atoms with E-state index in [4.69, 9.17) is 5.11 Å². The summed E-state index contributed by atoms with van der Waals surface area (Å²) < 4.78 is 0. The number of carbonyl (C=O) groups is 1. The Hall–Kier alpha value is -0.570. The van der Waals surface area contributed by atoms with Gasteiger partial charge in [-0.15, -0.1) is 0 Å². The molecule has 0 heterocycles. The fourth-order valence-electron chi connectivity index (χ4n) is 1.18. The van der Waals surface area contributed by atoms with Crippen LogP contribution in [0.4, 0.5) is 0 Å². The minimum atomic E-state index is 0.171. The lowest BCUT2D eigenvalue weighted by Crippen LogP contribution is -2.24. The van der Waals surface area contributed by atoms with Crippen LogP contribution in [0.1, 0.15) is 33.1 Å². The number of hydrogen-bond acceptors (Lipinski definition) is 2. The Bertz CT molecular complexity index is 128. The van der Waals surface area contributed by atoms with Crippen LogP contribution in [-0.2, 0) is 4.79 Å². The van der Waals surface area contributed by atoms with E-state index < -0.39 is 0 Å². The Balaban J connectivity index is 3.70. The van der Waals surface area contributed by atoms with Gasteiger partial charge in [0.15, 0.2) is 0 Å². The van der Waals surface area contributed by atoms with Crippen LogP contribution in [-0.4, -0.2) is 24.7 Å². The van der Waals surface area contributed by atoms with Gasteiger partial charge < -0.3 is 10.4 Å². The highest BCUT2D eigenvalue weighted by Gasteiger charge is 2.20. The number of amides is 1. The van der Waals surface area contributed by atoms with Crippen molar-refractivity contribution < 1.29 is 9.90 Å². The first-order valence-electron chi connectivity index (χ1n) is 4.46. The fourth-order valence-corrected chi connectivity index (χ4v) is 1.18. The summed E-state index contributed by atoms with van der Waals surface area (Å²) in [5.74, 6) is 0. The third kappa shape index (κ3) is 4.34. The van der Waals surface area contributed by atoms with Crippen LogP contribution in [0.2, 0.25) is 0 Å². The molecule has 0 rings (SSSR count). The number of aliphatic hydroxyl groups is 1. The van der Waals surface area contributed by atoms with Crippen molar-refractivity contribution in [1.29, 1.82) is 0 Å². The average Bonchev–Trinajstić information content (AvgIpc) is 2.06. The molecule has 0 aromatic carbocycles. The minimum absolute atomic E-state index is 0.171. The van der Waals surface area contributed by atoms with E-state index in [1.54, 1.807) is 0 Å². The first-order chi connectivity index (χ1) is 5.68. The number of carbonyl (C=O) groups excluding carboxylic acids is 1. The Morgan fingerprint density at radius 1 is 1.50 bits per heavy atom. The van der Waals surface area contributed by atoms with Gasteiger partial charge in [0, 0.05) is 13.2 Å². The summed E-state index contributed by atoms with van der Waals surface area (Å²) in [4.78, 5) is 9.98. The van der Waals surface area contributed by atoms with Crippen molar-refractivity contribution in [3.8, 4) is 0 Å². The van der Waals surface area contributed by atoms with Crippen molar-refractivity contribution >= 4 is 6.41 Å². The van der Waals surface area contributed by atoms with Gasteiger partial charge in [-0.25, -0.2) is 0 Å². The molecule has 0 aliphatic rings. The standard InChI is InChI=1S/C9H19NO2/c1-3-9(2,5-7-11)4-6-10-8-12/h8,11H,3-7H2,1-2H3,(H,10,12). The van der Waals surface area contributed by atoms with Gasteiger partial charge in [-0.2, -0.15) is 0 Å². The molecule has 2 N–H and O–H groups in total. The van der Waals surface area contributed by atoms with Crippen LogP contribution in [0.15, 0.2) is 0 Å². The lowest BCUT2D eigenvalue weighted by atomic mass is 9.81. The molecule has 3 nitrogen and oxygen atoms in total. The zero-order valence-corrected chi connectivity index (χ0v) is 7.97. The highest BCUT2D eigenvalue weighted by molar-refractivity contribution is 5.45. The second-order valence-electron chi connectivity index (χ2n) is 3.46. The Morgan fingerprint density at radius 3 is 2.58 bits per heavy atom. The molecule has 72 valence electrons.